The third-order valence-electron chi connectivity index (χ3n) is 7.05. The van der Waals surface area contributed by atoms with Crippen molar-refractivity contribution < 1.29 is 19.4 Å². The second-order valence-corrected chi connectivity index (χ2v) is 12.7. The highest BCUT2D eigenvalue weighted by atomic mass is 31.1. The lowest BCUT2D eigenvalue weighted by Crippen LogP contribution is -2.33. The van der Waals surface area contributed by atoms with Gasteiger partial charge in [-0.25, -0.2) is 0 Å². The van der Waals surface area contributed by atoms with Gasteiger partial charge in [0.15, 0.2) is 31.9 Å². The van der Waals surface area contributed by atoms with Gasteiger partial charge in [-0.2, -0.15) is 0 Å². The number of nitrogens with zero attached hydrogens (tertiary/aromatic N) is 2. The molecule has 4 rings (SSSR count). The number of benzene rings is 4. The SMILES string of the molecule is CC(C)c1ccccc1ON(Oc1ccccc1C(C)C)PN(Oc1ccccc1C(C)C)Oc1ccccc1C(C)C. The van der Waals surface area contributed by atoms with Gasteiger partial charge in [0.2, 0.25) is 0 Å². The summed E-state index contributed by atoms with van der Waals surface area (Å²) in [5.74, 6) is 3.84. The van der Waals surface area contributed by atoms with Crippen LogP contribution in [0.25, 0.3) is 0 Å². The Hall–Kier alpha value is -3.57. The predicted octanol–water partition coefficient (Wildman–Crippen LogP) is 10.6. The third-order valence-corrected chi connectivity index (χ3v) is 7.74. The van der Waals surface area contributed by atoms with Crippen LogP contribution in [0.1, 0.15) is 101 Å². The molecule has 0 radical (unpaired) electrons. The number of para-hydroxylation sites is 4. The molecule has 0 unspecified atom stereocenters. The maximum Gasteiger partial charge on any atom is 0.195 e. The second-order valence-electron chi connectivity index (χ2n) is 11.7. The summed E-state index contributed by atoms with van der Waals surface area (Å²) in [5, 5.41) is 0. The zero-order chi connectivity index (χ0) is 30.9. The molecule has 0 fully saturated rings. The van der Waals surface area contributed by atoms with Crippen LogP contribution in [0, 0.1) is 0 Å². The zero-order valence-electron chi connectivity index (χ0n) is 26.6. The molecule has 7 heteroatoms. The van der Waals surface area contributed by atoms with Crippen molar-refractivity contribution in [2.45, 2.75) is 79.1 Å². The summed E-state index contributed by atoms with van der Waals surface area (Å²) in [6.45, 7) is 17.2. The van der Waals surface area contributed by atoms with E-state index >= 15 is 0 Å². The van der Waals surface area contributed by atoms with Crippen molar-refractivity contribution in [3.05, 3.63) is 119 Å². The highest BCUT2D eigenvalue weighted by Gasteiger charge is 2.25. The first-order valence-electron chi connectivity index (χ1n) is 15.1. The average Bonchev–Trinajstić information content (AvgIpc) is 2.97. The van der Waals surface area contributed by atoms with E-state index in [2.05, 4.69) is 79.7 Å². The molecule has 0 saturated heterocycles. The van der Waals surface area contributed by atoms with E-state index in [1.54, 1.807) is 0 Å². The minimum atomic E-state index is -0.346. The van der Waals surface area contributed by atoms with Crippen LogP contribution in [-0.2, 0) is 0 Å². The third kappa shape index (κ3) is 8.73. The molecule has 0 aliphatic carbocycles. The lowest BCUT2D eigenvalue weighted by Gasteiger charge is -2.30. The first-order valence-corrected chi connectivity index (χ1v) is 16.0. The molecule has 228 valence electrons. The van der Waals surface area contributed by atoms with Gasteiger partial charge in [-0.15, -0.1) is 0 Å². The summed E-state index contributed by atoms with van der Waals surface area (Å²) in [7, 11) is -0.346. The van der Waals surface area contributed by atoms with E-state index in [1.807, 2.05) is 72.8 Å². The van der Waals surface area contributed by atoms with Gasteiger partial charge >= 0.3 is 0 Å². The predicted molar refractivity (Wildman–Crippen MR) is 177 cm³/mol. The summed E-state index contributed by atoms with van der Waals surface area (Å²) < 4.78 is 0. The maximum atomic E-state index is 6.53. The maximum absolute atomic E-state index is 6.53. The highest BCUT2D eigenvalue weighted by Crippen LogP contribution is 2.38. The second kappa shape index (κ2) is 15.2. The van der Waals surface area contributed by atoms with Crippen LogP contribution in [0.2, 0.25) is 0 Å². The van der Waals surface area contributed by atoms with Crippen molar-refractivity contribution in [2.75, 3.05) is 0 Å². The molecule has 0 heterocycles. The van der Waals surface area contributed by atoms with Crippen molar-refractivity contribution in [3.8, 4) is 23.0 Å². The Morgan fingerprint density at radius 3 is 0.791 bits per heavy atom. The van der Waals surface area contributed by atoms with Crippen LogP contribution in [0.15, 0.2) is 97.1 Å². The van der Waals surface area contributed by atoms with Gasteiger partial charge in [-0.05, 0) is 70.2 Å². The van der Waals surface area contributed by atoms with Crippen LogP contribution in [-0.4, -0.2) is 9.99 Å². The highest BCUT2D eigenvalue weighted by molar-refractivity contribution is 7.31. The van der Waals surface area contributed by atoms with E-state index in [1.165, 1.54) is 9.99 Å². The Bertz CT molecular complexity index is 1240. The van der Waals surface area contributed by atoms with Gasteiger partial charge in [0.05, 0.1) is 9.99 Å². The molecule has 4 aromatic carbocycles. The quantitative estimate of drug-likeness (QED) is 0.106. The Labute approximate surface area is 259 Å². The van der Waals surface area contributed by atoms with E-state index in [9.17, 15) is 0 Å². The normalized spacial score (nSPS) is 11.7. The zero-order valence-corrected chi connectivity index (χ0v) is 27.6. The fraction of sp³-hybridized carbons (Fsp3) is 0.333. The molecule has 0 spiro atoms. The topological polar surface area (TPSA) is 43.4 Å². The molecule has 0 N–H and O–H groups in total. The van der Waals surface area contributed by atoms with E-state index < -0.39 is 0 Å². The molecule has 0 amide bonds. The molecule has 0 atom stereocenters. The monoisotopic (exact) mass is 600 g/mol. The minimum Gasteiger partial charge on any atom is -0.367 e. The summed E-state index contributed by atoms with van der Waals surface area (Å²) in [5.41, 5.74) is 4.28. The van der Waals surface area contributed by atoms with E-state index in [-0.39, 0.29) is 32.6 Å². The van der Waals surface area contributed by atoms with E-state index in [0.717, 1.165) is 22.3 Å². The molecule has 0 saturated carbocycles. The summed E-state index contributed by atoms with van der Waals surface area (Å²) in [4.78, 5) is 29.0. The smallest absolute Gasteiger partial charge is 0.195 e. The fourth-order valence-electron chi connectivity index (χ4n) is 4.71. The Morgan fingerprint density at radius 1 is 0.372 bits per heavy atom. The lowest BCUT2D eigenvalue weighted by atomic mass is 10.0. The summed E-state index contributed by atoms with van der Waals surface area (Å²) in [6.07, 6.45) is 0. The fourth-order valence-corrected chi connectivity index (χ4v) is 5.40. The Balaban J connectivity index is 1.76. The minimum absolute atomic E-state index is 0.253. The average molecular weight is 601 g/mol. The molecule has 0 aliphatic rings. The van der Waals surface area contributed by atoms with Gasteiger partial charge in [0, 0.05) is 0 Å². The van der Waals surface area contributed by atoms with Crippen molar-refractivity contribution in [2.24, 2.45) is 0 Å². The molecular weight excluding hydrogens is 555 g/mol. The summed E-state index contributed by atoms with van der Waals surface area (Å²) >= 11 is 0. The number of rotatable bonds is 14. The molecular formula is C36H45N2O4P. The van der Waals surface area contributed by atoms with Gasteiger partial charge in [0.1, 0.15) is 0 Å². The van der Waals surface area contributed by atoms with Crippen LogP contribution in [0.5, 0.6) is 23.0 Å². The van der Waals surface area contributed by atoms with Crippen molar-refractivity contribution in [3.63, 3.8) is 0 Å². The molecule has 4 aromatic rings. The summed E-state index contributed by atoms with van der Waals surface area (Å²) in [6, 6.07) is 32.1. The van der Waals surface area contributed by atoms with Gasteiger partial charge in [0.25, 0.3) is 0 Å². The van der Waals surface area contributed by atoms with Crippen LogP contribution in [0.3, 0.4) is 0 Å². The first kappa shape index (κ1) is 32.3. The van der Waals surface area contributed by atoms with Crippen LogP contribution in [0.4, 0.5) is 0 Å². The molecule has 43 heavy (non-hydrogen) atoms. The van der Waals surface area contributed by atoms with Gasteiger partial charge in [-0.3, -0.25) is 0 Å². The van der Waals surface area contributed by atoms with Crippen LogP contribution >= 0.6 is 8.88 Å². The first-order chi connectivity index (χ1) is 20.6. The van der Waals surface area contributed by atoms with Gasteiger partial charge < -0.3 is 19.4 Å². The Kier molecular flexibility index (Phi) is 11.5. The molecule has 0 bridgehead atoms. The van der Waals surface area contributed by atoms with E-state index in [4.69, 9.17) is 19.4 Å². The number of hydrogen-bond acceptors (Lipinski definition) is 6. The molecule has 0 aromatic heterocycles. The Morgan fingerprint density at radius 2 is 0.581 bits per heavy atom. The number of hydrogen-bond donors (Lipinski definition) is 0. The van der Waals surface area contributed by atoms with Crippen LogP contribution < -0.4 is 19.4 Å². The standard InChI is InChI=1S/C36H45N2O4P/c1-25(2)29-17-9-13-21-33(29)39-37(40-34-22-14-10-18-30(34)26(3)4)43-38(41-35-23-15-11-19-31(35)27(5)6)42-36-24-16-12-20-32(36)28(7)8/h9-28,43H,1-8H3. The van der Waals surface area contributed by atoms with Gasteiger partial charge in [-0.1, -0.05) is 128 Å². The lowest BCUT2D eigenvalue weighted by molar-refractivity contribution is -0.217. The molecule has 0 aliphatic heterocycles. The van der Waals surface area contributed by atoms with Crippen molar-refractivity contribution >= 4 is 8.88 Å². The van der Waals surface area contributed by atoms with Crippen molar-refractivity contribution in [1.29, 1.82) is 0 Å². The molecule has 6 nitrogen and oxygen atoms in total. The van der Waals surface area contributed by atoms with Crippen molar-refractivity contribution in [1.82, 2.24) is 9.99 Å². The van der Waals surface area contributed by atoms with E-state index in [0.29, 0.717) is 23.0 Å². The largest absolute Gasteiger partial charge is 0.367 e.